The van der Waals surface area contributed by atoms with Crippen molar-refractivity contribution >= 4 is 11.7 Å². The third-order valence-corrected chi connectivity index (χ3v) is 14.1. The number of fused-ring (bicyclic) bond motifs is 7. The molecule has 0 aromatic rings. The van der Waals surface area contributed by atoms with Gasteiger partial charge in [-0.15, -0.1) is 0 Å². The molecule has 0 saturated heterocycles. The second kappa shape index (κ2) is 8.44. The number of hydrogen-bond acceptors (Lipinski definition) is 2. The van der Waals surface area contributed by atoms with Gasteiger partial charge >= 0.3 is 0 Å². The maximum absolute atomic E-state index is 13.8. The molecular weight excluding hydrogens is 454 g/mol. The molecule has 0 aliphatic heterocycles. The molecule has 1 amide bonds. The molecule has 0 aromatic heterocycles. The first-order valence-electron chi connectivity index (χ1n) is 15.7. The molecule has 0 heterocycles. The van der Waals surface area contributed by atoms with E-state index in [4.69, 9.17) is 0 Å². The lowest BCUT2D eigenvalue weighted by molar-refractivity contribution is -0.185. The van der Waals surface area contributed by atoms with Gasteiger partial charge in [0.25, 0.3) is 0 Å². The third-order valence-electron chi connectivity index (χ3n) is 14.1. The van der Waals surface area contributed by atoms with Gasteiger partial charge in [0, 0.05) is 30.3 Å². The van der Waals surface area contributed by atoms with Crippen LogP contribution in [0.5, 0.6) is 0 Å². The molecule has 0 N–H and O–H groups in total. The summed E-state index contributed by atoms with van der Waals surface area (Å²) in [7, 11) is 0. The molecule has 37 heavy (non-hydrogen) atoms. The highest BCUT2D eigenvalue weighted by Gasteiger charge is 2.68. The fourth-order valence-corrected chi connectivity index (χ4v) is 11.2. The highest BCUT2D eigenvalue weighted by Crippen LogP contribution is 2.75. The summed E-state index contributed by atoms with van der Waals surface area (Å²) in [5.41, 5.74) is 2.28. The van der Waals surface area contributed by atoms with Gasteiger partial charge in [-0.1, -0.05) is 60.1 Å². The molecule has 5 rings (SSSR count). The zero-order valence-corrected chi connectivity index (χ0v) is 25.6. The van der Waals surface area contributed by atoms with E-state index in [0.29, 0.717) is 34.9 Å². The van der Waals surface area contributed by atoms with Crippen LogP contribution in [0.25, 0.3) is 0 Å². The van der Waals surface area contributed by atoms with E-state index in [2.05, 4.69) is 73.3 Å². The number of rotatable bonds is 3. The molecule has 0 spiro atoms. The van der Waals surface area contributed by atoms with Gasteiger partial charge < -0.3 is 4.90 Å². The monoisotopic (exact) mass is 509 g/mol. The first-order chi connectivity index (χ1) is 17.1. The molecule has 3 nitrogen and oxygen atoms in total. The smallest absolute Gasteiger partial charge is 0.228 e. The van der Waals surface area contributed by atoms with Crippen LogP contribution in [0.3, 0.4) is 0 Å². The van der Waals surface area contributed by atoms with Crippen molar-refractivity contribution in [3.63, 3.8) is 0 Å². The molecule has 5 aliphatic rings. The Morgan fingerprint density at radius 1 is 0.892 bits per heavy atom. The van der Waals surface area contributed by atoms with Gasteiger partial charge in [0.1, 0.15) is 5.78 Å². The van der Waals surface area contributed by atoms with Crippen LogP contribution < -0.4 is 0 Å². The van der Waals surface area contributed by atoms with Gasteiger partial charge in [-0.25, -0.2) is 0 Å². The Kier molecular flexibility index (Phi) is 6.26. The Morgan fingerprint density at radius 2 is 1.54 bits per heavy atom. The maximum atomic E-state index is 13.8. The van der Waals surface area contributed by atoms with Crippen molar-refractivity contribution in [3.05, 3.63) is 11.6 Å². The molecule has 0 unspecified atom stereocenters. The van der Waals surface area contributed by atoms with E-state index in [1.54, 1.807) is 5.57 Å². The van der Waals surface area contributed by atoms with Gasteiger partial charge in [-0.3, -0.25) is 9.59 Å². The van der Waals surface area contributed by atoms with Crippen molar-refractivity contribution in [1.29, 1.82) is 0 Å². The van der Waals surface area contributed by atoms with Crippen LogP contribution in [-0.2, 0) is 9.59 Å². The highest BCUT2D eigenvalue weighted by atomic mass is 16.2. The summed E-state index contributed by atoms with van der Waals surface area (Å²) in [4.78, 5) is 28.8. The number of Topliss-reactive ketones (excluding diaryl/α,β-unsaturated/α-hetero) is 1. The Bertz CT molecular complexity index is 1010. The standard InChI is InChI=1S/C34H55NO2/c1-10-35(11-2)28(37)31(6)19-18-30(5)20-21-33(8)23(24(30)22-31)12-13-26-32(7)16-15-27(36)29(3,4)25(32)14-17-34(26,33)9/h12,24-26H,10-11,13-22H2,1-9H3/t24-,25-,26+,30+,31+,32-,33+,34+/m0/s1. The quantitative estimate of drug-likeness (QED) is 0.359. The largest absolute Gasteiger partial charge is 0.343 e. The lowest BCUT2D eigenvalue weighted by Gasteiger charge is -2.70. The van der Waals surface area contributed by atoms with Crippen LogP contribution in [-0.4, -0.2) is 29.7 Å². The number of carbonyl (C=O) groups excluding carboxylic acids is 2. The number of carbonyl (C=O) groups is 2. The third kappa shape index (κ3) is 3.49. The molecule has 4 saturated carbocycles. The SMILES string of the molecule is CCN(CC)C(=O)[C@]1(C)CC[C@]2(C)CC[C@]3(C)C(=CC[C@@H]4[C@@]5(C)CCC(=O)C(C)(C)[C@@H]5CC[C@]43C)[C@@H]2C1. The van der Waals surface area contributed by atoms with Gasteiger partial charge in [-0.05, 0) is 111 Å². The summed E-state index contributed by atoms with van der Waals surface area (Å²) >= 11 is 0. The minimum absolute atomic E-state index is 0.191. The average molecular weight is 510 g/mol. The Hall–Kier alpha value is -1.12. The number of amides is 1. The van der Waals surface area contributed by atoms with Crippen LogP contribution >= 0.6 is 0 Å². The Morgan fingerprint density at radius 3 is 2.19 bits per heavy atom. The molecule has 3 heteroatoms. The number of ketones is 1. The van der Waals surface area contributed by atoms with E-state index in [9.17, 15) is 9.59 Å². The average Bonchev–Trinajstić information content (AvgIpc) is 2.84. The van der Waals surface area contributed by atoms with Crippen molar-refractivity contribution in [1.82, 2.24) is 4.90 Å². The zero-order valence-electron chi connectivity index (χ0n) is 25.6. The first-order valence-corrected chi connectivity index (χ1v) is 15.7. The van der Waals surface area contributed by atoms with Crippen molar-refractivity contribution < 1.29 is 9.59 Å². The number of hydrogen-bond donors (Lipinski definition) is 0. The topological polar surface area (TPSA) is 37.4 Å². The second-order valence-corrected chi connectivity index (χ2v) is 15.9. The fraction of sp³-hybridized carbons (Fsp3) is 0.882. The van der Waals surface area contributed by atoms with Crippen molar-refractivity contribution in [2.75, 3.05) is 13.1 Å². The lowest BCUT2D eigenvalue weighted by atomic mass is 9.33. The lowest BCUT2D eigenvalue weighted by Crippen LogP contribution is -2.64. The minimum atomic E-state index is -0.246. The molecule has 8 atom stereocenters. The van der Waals surface area contributed by atoms with Crippen LogP contribution in [0.2, 0.25) is 0 Å². The zero-order chi connectivity index (χ0) is 27.2. The molecule has 4 fully saturated rings. The molecule has 5 aliphatic carbocycles. The van der Waals surface area contributed by atoms with Crippen molar-refractivity contribution in [3.8, 4) is 0 Å². The summed E-state index contributed by atoms with van der Waals surface area (Å²) in [6, 6.07) is 0. The second-order valence-electron chi connectivity index (χ2n) is 15.9. The van der Waals surface area contributed by atoms with Gasteiger partial charge in [0.05, 0.1) is 0 Å². The van der Waals surface area contributed by atoms with Crippen LogP contribution in [0, 0.1) is 50.2 Å². The van der Waals surface area contributed by atoms with E-state index in [1.165, 1.54) is 32.1 Å². The molecular formula is C34H55NO2. The summed E-state index contributed by atoms with van der Waals surface area (Å²) in [6.07, 6.45) is 13.9. The van der Waals surface area contributed by atoms with Gasteiger partial charge in [0.15, 0.2) is 0 Å². The highest BCUT2D eigenvalue weighted by molar-refractivity contribution is 5.85. The van der Waals surface area contributed by atoms with Gasteiger partial charge in [-0.2, -0.15) is 0 Å². The van der Waals surface area contributed by atoms with Crippen molar-refractivity contribution in [2.24, 2.45) is 50.2 Å². The van der Waals surface area contributed by atoms with Crippen molar-refractivity contribution in [2.45, 2.75) is 127 Å². The normalized spacial score (nSPS) is 48.6. The number of allylic oxidation sites excluding steroid dienone is 2. The predicted molar refractivity (Wildman–Crippen MR) is 152 cm³/mol. The van der Waals surface area contributed by atoms with E-state index in [1.807, 2.05) is 0 Å². The first kappa shape index (κ1) is 27.4. The van der Waals surface area contributed by atoms with Crippen LogP contribution in [0.4, 0.5) is 0 Å². The Balaban J connectivity index is 1.53. The fourth-order valence-electron chi connectivity index (χ4n) is 11.2. The van der Waals surface area contributed by atoms with E-state index >= 15 is 0 Å². The number of nitrogens with zero attached hydrogens (tertiary/aromatic N) is 1. The van der Waals surface area contributed by atoms with E-state index in [-0.39, 0.29) is 27.1 Å². The maximum Gasteiger partial charge on any atom is 0.228 e. The summed E-state index contributed by atoms with van der Waals surface area (Å²) in [6.45, 7) is 23.0. The predicted octanol–water partition coefficient (Wildman–Crippen LogP) is 8.23. The van der Waals surface area contributed by atoms with Crippen LogP contribution in [0.15, 0.2) is 11.6 Å². The molecule has 0 bridgehead atoms. The summed E-state index contributed by atoms with van der Waals surface area (Å²) in [5.74, 6) is 2.52. The molecule has 0 aromatic carbocycles. The van der Waals surface area contributed by atoms with E-state index < -0.39 is 0 Å². The molecule has 208 valence electrons. The molecule has 0 radical (unpaired) electrons. The minimum Gasteiger partial charge on any atom is -0.343 e. The van der Waals surface area contributed by atoms with Crippen LogP contribution in [0.1, 0.15) is 127 Å². The summed E-state index contributed by atoms with van der Waals surface area (Å²) in [5, 5.41) is 0. The Labute approximate surface area is 227 Å². The summed E-state index contributed by atoms with van der Waals surface area (Å²) < 4.78 is 0. The van der Waals surface area contributed by atoms with E-state index in [0.717, 1.165) is 45.2 Å². The van der Waals surface area contributed by atoms with Gasteiger partial charge in [0.2, 0.25) is 5.91 Å².